The first kappa shape index (κ1) is 14.1. The zero-order chi connectivity index (χ0) is 11.9. The maximum Gasteiger partial charge on any atom is -0.0326 e. The van der Waals surface area contributed by atoms with E-state index in [0.717, 1.165) is 5.92 Å². The van der Waals surface area contributed by atoms with Crippen LogP contribution >= 0.6 is 0 Å². The summed E-state index contributed by atoms with van der Waals surface area (Å²) in [7, 11) is 0. The third-order valence-corrected chi connectivity index (χ3v) is 4.72. The first-order chi connectivity index (χ1) is 7.70. The Balaban J connectivity index is 2.40. The maximum absolute atomic E-state index is 2.54. The molecule has 0 amide bonds. The van der Waals surface area contributed by atoms with E-state index in [4.69, 9.17) is 0 Å². The second-order valence-corrected chi connectivity index (χ2v) is 6.33. The molecule has 1 aliphatic carbocycles. The Morgan fingerprint density at radius 3 is 1.94 bits per heavy atom. The molecule has 0 bridgehead atoms. The Labute approximate surface area is 103 Å². The third kappa shape index (κ3) is 4.89. The maximum atomic E-state index is 2.54. The average Bonchev–Trinajstić information content (AvgIpc) is 2.28. The highest BCUT2D eigenvalue weighted by Gasteiger charge is 2.23. The molecule has 1 aliphatic rings. The normalized spacial score (nSPS) is 33.6. The summed E-state index contributed by atoms with van der Waals surface area (Å²) in [6.45, 7) is 7.25. The van der Waals surface area contributed by atoms with Crippen LogP contribution in [0.2, 0.25) is 0 Å². The fraction of sp³-hybridized carbons (Fsp3) is 1.00. The molecule has 0 aromatic heterocycles. The van der Waals surface area contributed by atoms with Crippen molar-refractivity contribution < 1.29 is 0 Å². The standard InChI is InChI=1S/C16H32/c1-4-12-16(3)13-8-6-10-15(5-2)11-7-9-14-16/h15H,4-14H2,1-3H3. The van der Waals surface area contributed by atoms with Gasteiger partial charge >= 0.3 is 0 Å². The highest BCUT2D eigenvalue weighted by Crippen LogP contribution is 2.37. The molecule has 1 rings (SSSR count). The van der Waals surface area contributed by atoms with Crippen LogP contribution in [0.15, 0.2) is 0 Å². The van der Waals surface area contributed by atoms with Gasteiger partial charge in [-0.2, -0.15) is 0 Å². The van der Waals surface area contributed by atoms with Gasteiger partial charge in [0, 0.05) is 0 Å². The van der Waals surface area contributed by atoms with Crippen molar-refractivity contribution in [1.29, 1.82) is 0 Å². The van der Waals surface area contributed by atoms with Crippen molar-refractivity contribution in [3.8, 4) is 0 Å². The van der Waals surface area contributed by atoms with Crippen molar-refractivity contribution in [2.75, 3.05) is 0 Å². The molecule has 96 valence electrons. The summed E-state index contributed by atoms with van der Waals surface area (Å²) in [6, 6.07) is 0. The summed E-state index contributed by atoms with van der Waals surface area (Å²) >= 11 is 0. The van der Waals surface area contributed by atoms with Gasteiger partial charge in [0.1, 0.15) is 0 Å². The van der Waals surface area contributed by atoms with Gasteiger partial charge < -0.3 is 0 Å². The Morgan fingerprint density at radius 1 is 0.938 bits per heavy atom. The van der Waals surface area contributed by atoms with E-state index in [9.17, 15) is 0 Å². The lowest BCUT2D eigenvalue weighted by atomic mass is 9.75. The summed E-state index contributed by atoms with van der Waals surface area (Å²) in [4.78, 5) is 0. The van der Waals surface area contributed by atoms with E-state index in [2.05, 4.69) is 20.8 Å². The average molecular weight is 224 g/mol. The van der Waals surface area contributed by atoms with Crippen LogP contribution in [0.1, 0.15) is 91.4 Å². The fourth-order valence-corrected chi connectivity index (χ4v) is 3.50. The molecular formula is C16H32. The largest absolute Gasteiger partial charge is 0.0654 e. The molecule has 0 aromatic carbocycles. The van der Waals surface area contributed by atoms with Gasteiger partial charge in [-0.1, -0.05) is 72.1 Å². The van der Waals surface area contributed by atoms with Crippen LogP contribution in [0.3, 0.4) is 0 Å². The Morgan fingerprint density at radius 2 is 1.50 bits per heavy atom. The van der Waals surface area contributed by atoms with Gasteiger partial charge in [0.2, 0.25) is 0 Å². The summed E-state index contributed by atoms with van der Waals surface area (Å²) < 4.78 is 0. The molecule has 1 saturated carbocycles. The molecule has 0 atom stereocenters. The highest BCUT2D eigenvalue weighted by molar-refractivity contribution is 4.75. The van der Waals surface area contributed by atoms with E-state index in [1.54, 1.807) is 0 Å². The van der Waals surface area contributed by atoms with Gasteiger partial charge in [-0.25, -0.2) is 0 Å². The molecule has 16 heavy (non-hydrogen) atoms. The first-order valence-electron chi connectivity index (χ1n) is 7.70. The molecule has 0 radical (unpaired) electrons. The molecule has 0 N–H and O–H groups in total. The Hall–Kier alpha value is 0. The van der Waals surface area contributed by atoms with Gasteiger partial charge in [0.15, 0.2) is 0 Å². The molecule has 0 aromatic rings. The van der Waals surface area contributed by atoms with E-state index in [1.807, 2.05) is 0 Å². The van der Waals surface area contributed by atoms with Gasteiger partial charge in [-0.3, -0.25) is 0 Å². The first-order valence-corrected chi connectivity index (χ1v) is 7.70. The molecule has 0 aliphatic heterocycles. The van der Waals surface area contributed by atoms with Crippen LogP contribution < -0.4 is 0 Å². The van der Waals surface area contributed by atoms with E-state index < -0.39 is 0 Å². The molecule has 0 unspecified atom stereocenters. The van der Waals surface area contributed by atoms with Crippen molar-refractivity contribution in [1.82, 2.24) is 0 Å². The van der Waals surface area contributed by atoms with E-state index in [-0.39, 0.29) is 0 Å². The second-order valence-electron chi connectivity index (χ2n) is 6.33. The van der Waals surface area contributed by atoms with Crippen molar-refractivity contribution in [3.05, 3.63) is 0 Å². The van der Waals surface area contributed by atoms with Gasteiger partial charge in [-0.15, -0.1) is 0 Å². The summed E-state index contributed by atoms with van der Waals surface area (Å²) in [6.07, 6.45) is 16.1. The van der Waals surface area contributed by atoms with E-state index >= 15 is 0 Å². The molecule has 0 spiro atoms. The lowest BCUT2D eigenvalue weighted by Gasteiger charge is -2.31. The molecule has 0 heteroatoms. The zero-order valence-electron chi connectivity index (χ0n) is 11.9. The van der Waals surface area contributed by atoms with Crippen molar-refractivity contribution >= 4 is 0 Å². The van der Waals surface area contributed by atoms with Crippen LogP contribution in [0.5, 0.6) is 0 Å². The number of rotatable bonds is 3. The quantitative estimate of drug-likeness (QED) is 0.555. The summed E-state index contributed by atoms with van der Waals surface area (Å²) in [5.41, 5.74) is 0.674. The minimum absolute atomic E-state index is 0.674. The van der Waals surface area contributed by atoms with Gasteiger partial charge in [0.25, 0.3) is 0 Å². The lowest BCUT2D eigenvalue weighted by molar-refractivity contribution is 0.215. The molecule has 0 heterocycles. The monoisotopic (exact) mass is 224 g/mol. The van der Waals surface area contributed by atoms with E-state index in [0.29, 0.717) is 5.41 Å². The van der Waals surface area contributed by atoms with Crippen molar-refractivity contribution in [2.45, 2.75) is 91.4 Å². The Kier molecular flexibility index (Phi) is 6.46. The van der Waals surface area contributed by atoms with Crippen molar-refractivity contribution in [2.24, 2.45) is 11.3 Å². The van der Waals surface area contributed by atoms with Crippen LogP contribution in [0.25, 0.3) is 0 Å². The van der Waals surface area contributed by atoms with Crippen LogP contribution in [0.4, 0.5) is 0 Å². The van der Waals surface area contributed by atoms with E-state index in [1.165, 1.54) is 70.6 Å². The predicted molar refractivity (Wildman–Crippen MR) is 73.7 cm³/mol. The fourth-order valence-electron chi connectivity index (χ4n) is 3.50. The topological polar surface area (TPSA) is 0 Å². The number of hydrogen-bond acceptors (Lipinski definition) is 0. The minimum atomic E-state index is 0.674. The molecular weight excluding hydrogens is 192 g/mol. The Bertz CT molecular complexity index is 159. The van der Waals surface area contributed by atoms with Gasteiger partial charge in [0.05, 0.1) is 0 Å². The summed E-state index contributed by atoms with van der Waals surface area (Å²) in [5.74, 6) is 1.04. The summed E-state index contributed by atoms with van der Waals surface area (Å²) in [5, 5.41) is 0. The van der Waals surface area contributed by atoms with Gasteiger partial charge in [-0.05, 0) is 30.6 Å². The minimum Gasteiger partial charge on any atom is -0.0654 e. The predicted octanol–water partition coefficient (Wildman–Crippen LogP) is 5.95. The zero-order valence-corrected chi connectivity index (χ0v) is 11.9. The van der Waals surface area contributed by atoms with Crippen molar-refractivity contribution in [3.63, 3.8) is 0 Å². The smallest absolute Gasteiger partial charge is 0.0326 e. The number of hydrogen-bond donors (Lipinski definition) is 0. The third-order valence-electron chi connectivity index (χ3n) is 4.72. The lowest BCUT2D eigenvalue weighted by Crippen LogP contribution is -2.17. The van der Waals surface area contributed by atoms with Crippen LogP contribution in [0, 0.1) is 11.3 Å². The second kappa shape index (κ2) is 7.35. The van der Waals surface area contributed by atoms with Crippen LogP contribution in [-0.4, -0.2) is 0 Å². The molecule has 0 nitrogen and oxygen atoms in total. The molecule has 0 saturated heterocycles. The highest BCUT2D eigenvalue weighted by atomic mass is 14.3. The molecule has 1 fully saturated rings. The SMILES string of the molecule is CCCC1(C)CCCCC(CC)CCCC1. The van der Waals surface area contributed by atoms with Crippen LogP contribution in [-0.2, 0) is 0 Å².